The van der Waals surface area contributed by atoms with Crippen LogP contribution in [0.3, 0.4) is 0 Å². The molecule has 2 N–H and O–H groups in total. The number of carboxylic acids is 1. The molecule has 2 saturated heterocycles. The second-order valence-electron chi connectivity index (χ2n) is 11.1. The summed E-state index contributed by atoms with van der Waals surface area (Å²) in [6.07, 6.45) is 4.95. The molecule has 0 unspecified atom stereocenters. The van der Waals surface area contributed by atoms with E-state index in [0.29, 0.717) is 22.0 Å². The molecular weight excluding hydrogens is 554 g/mol. The van der Waals surface area contributed by atoms with Gasteiger partial charge in [0.15, 0.2) is 5.11 Å². The summed E-state index contributed by atoms with van der Waals surface area (Å²) in [6, 6.07) is 22.5. The topological polar surface area (TPSA) is 73.6 Å². The Morgan fingerprint density at radius 1 is 1.00 bits per heavy atom. The van der Waals surface area contributed by atoms with Crippen molar-refractivity contribution in [2.75, 3.05) is 22.9 Å². The number of benzene rings is 2. The Bertz CT molecular complexity index is 1580. The van der Waals surface area contributed by atoms with Gasteiger partial charge in [0.2, 0.25) is 0 Å². The normalized spacial score (nSPS) is 22.6. The van der Waals surface area contributed by atoms with Gasteiger partial charge < -0.3 is 24.8 Å². The number of carbonyl (C=O) groups is 1. The fourth-order valence-corrected chi connectivity index (χ4v) is 6.99. The molecule has 9 heteroatoms. The number of anilines is 2. The molecule has 2 aliphatic rings. The van der Waals surface area contributed by atoms with Gasteiger partial charge in [0, 0.05) is 42.6 Å². The molecule has 4 heterocycles. The summed E-state index contributed by atoms with van der Waals surface area (Å²) in [7, 11) is 0. The molecule has 6 rings (SSSR count). The van der Waals surface area contributed by atoms with Crippen molar-refractivity contribution in [1.29, 1.82) is 0 Å². The smallest absolute Gasteiger partial charge is 0.335 e. The molecule has 2 aromatic heterocycles. The van der Waals surface area contributed by atoms with E-state index in [1.165, 1.54) is 6.42 Å². The van der Waals surface area contributed by atoms with Gasteiger partial charge in [0.25, 0.3) is 0 Å². The van der Waals surface area contributed by atoms with E-state index in [1.54, 1.807) is 24.4 Å². The molecule has 0 saturated carbocycles. The molecule has 0 radical (unpaired) electrons. The SMILES string of the molecule is C[C@@H]1C[C@H](C)CN(c2ccc(N3C(=S)N[C@@H](c4ccccn4)[C@@H]3c3cccn3-c3cccc(C(=O)O)c3)cc2Cl)C1. The number of aromatic carboxylic acids is 1. The van der Waals surface area contributed by atoms with Crippen molar-refractivity contribution in [2.45, 2.75) is 32.4 Å². The number of piperidine rings is 1. The maximum atomic E-state index is 11.7. The summed E-state index contributed by atoms with van der Waals surface area (Å²) < 4.78 is 2.02. The molecule has 0 amide bonds. The molecule has 210 valence electrons. The van der Waals surface area contributed by atoms with Crippen LogP contribution in [0.2, 0.25) is 5.02 Å². The van der Waals surface area contributed by atoms with Crippen LogP contribution in [0.15, 0.2) is 85.2 Å². The fraction of sp³-hybridized carbons (Fsp3) is 0.281. The van der Waals surface area contributed by atoms with Crippen molar-refractivity contribution in [3.63, 3.8) is 0 Å². The molecule has 0 spiro atoms. The summed E-state index contributed by atoms with van der Waals surface area (Å²) >= 11 is 12.9. The van der Waals surface area contributed by atoms with E-state index in [2.05, 4.69) is 46.1 Å². The molecule has 7 nitrogen and oxygen atoms in total. The average molecular weight is 586 g/mol. The van der Waals surface area contributed by atoms with Gasteiger partial charge >= 0.3 is 5.97 Å². The molecular formula is C32H32ClN5O2S. The molecule has 2 aromatic carbocycles. The molecule has 0 aliphatic carbocycles. The van der Waals surface area contributed by atoms with Crippen LogP contribution in [0.25, 0.3) is 5.69 Å². The van der Waals surface area contributed by atoms with Crippen LogP contribution in [-0.2, 0) is 0 Å². The zero-order chi connectivity index (χ0) is 28.7. The number of thiocarbonyl (C=S) groups is 1. The highest BCUT2D eigenvalue weighted by Crippen LogP contribution is 2.44. The lowest BCUT2D eigenvalue weighted by molar-refractivity contribution is 0.0697. The van der Waals surface area contributed by atoms with Crippen molar-refractivity contribution in [1.82, 2.24) is 14.9 Å². The zero-order valence-corrected chi connectivity index (χ0v) is 24.5. The van der Waals surface area contributed by atoms with E-state index in [0.717, 1.165) is 41.5 Å². The standard InChI is InChI=1S/C32H32ClN5O2S/c1-20-15-21(2)19-36(18-20)27-12-11-24(17-25(27)33)38-30(29(35-32(38)41)26-9-3-4-13-34-26)28-10-6-14-37(28)23-8-5-7-22(16-23)31(39)40/h3-14,16-17,20-21,29-30H,15,18-19H2,1-2H3,(H,35,41)(H,39,40)/t20-,21+,29-,30-/m0/s1. The predicted octanol–water partition coefficient (Wildman–Crippen LogP) is 6.88. The second-order valence-corrected chi connectivity index (χ2v) is 11.9. The van der Waals surface area contributed by atoms with Crippen LogP contribution in [0.4, 0.5) is 11.4 Å². The van der Waals surface area contributed by atoms with Crippen LogP contribution in [0.1, 0.15) is 54.1 Å². The summed E-state index contributed by atoms with van der Waals surface area (Å²) in [6.45, 7) is 6.56. The number of carboxylic acid groups (broad SMARTS) is 1. The van der Waals surface area contributed by atoms with Gasteiger partial charge in [-0.05, 0) is 91.1 Å². The quantitative estimate of drug-likeness (QED) is 0.239. The first-order chi connectivity index (χ1) is 19.8. The predicted molar refractivity (Wildman–Crippen MR) is 167 cm³/mol. The third kappa shape index (κ3) is 5.29. The monoisotopic (exact) mass is 585 g/mol. The Labute approximate surface area is 250 Å². The van der Waals surface area contributed by atoms with Crippen molar-refractivity contribution < 1.29 is 9.90 Å². The first kappa shape index (κ1) is 27.3. The summed E-state index contributed by atoms with van der Waals surface area (Å²) in [5.41, 5.74) is 4.69. The number of halogens is 1. The number of hydrogen-bond donors (Lipinski definition) is 2. The maximum Gasteiger partial charge on any atom is 0.335 e. The van der Waals surface area contributed by atoms with Crippen molar-refractivity contribution >= 4 is 46.3 Å². The minimum Gasteiger partial charge on any atom is -0.478 e. The van der Waals surface area contributed by atoms with Gasteiger partial charge in [-0.3, -0.25) is 4.98 Å². The Hall–Kier alpha value is -3.88. The summed E-state index contributed by atoms with van der Waals surface area (Å²) in [4.78, 5) is 20.9. The van der Waals surface area contributed by atoms with Crippen LogP contribution < -0.4 is 15.1 Å². The van der Waals surface area contributed by atoms with E-state index in [4.69, 9.17) is 23.8 Å². The third-order valence-electron chi connectivity index (χ3n) is 7.97. The number of nitrogens with one attached hydrogen (secondary N) is 1. The highest BCUT2D eigenvalue weighted by Gasteiger charge is 2.42. The molecule has 2 aliphatic heterocycles. The fourth-order valence-electron chi connectivity index (χ4n) is 6.35. The first-order valence-corrected chi connectivity index (χ1v) is 14.6. The van der Waals surface area contributed by atoms with Crippen molar-refractivity contribution in [3.8, 4) is 5.69 Å². The van der Waals surface area contributed by atoms with Gasteiger partial charge in [0.1, 0.15) is 6.04 Å². The van der Waals surface area contributed by atoms with E-state index >= 15 is 0 Å². The van der Waals surface area contributed by atoms with E-state index < -0.39 is 5.97 Å². The number of pyridine rings is 1. The van der Waals surface area contributed by atoms with Crippen molar-refractivity contribution in [3.05, 3.63) is 107 Å². The van der Waals surface area contributed by atoms with Crippen LogP contribution in [0.5, 0.6) is 0 Å². The van der Waals surface area contributed by atoms with Gasteiger partial charge in [-0.2, -0.15) is 0 Å². The second kappa shape index (κ2) is 11.2. The minimum absolute atomic E-state index is 0.226. The molecule has 0 bridgehead atoms. The van der Waals surface area contributed by atoms with Gasteiger partial charge in [-0.1, -0.05) is 37.6 Å². The number of aromatic nitrogens is 2. The first-order valence-electron chi connectivity index (χ1n) is 13.9. The molecule has 41 heavy (non-hydrogen) atoms. The number of nitrogens with zero attached hydrogens (tertiary/aromatic N) is 4. The van der Waals surface area contributed by atoms with Gasteiger partial charge in [-0.25, -0.2) is 4.79 Å². The zero-order valence-electron chi connectivity index (χ0n) is 22.9. The summed E-state index contributed by atoms with van der Waals surface area (Å²) in [5.74, 6) is 0.256. The van der Waals surface area contributed by atoms with E-state index in [-0.39, 0.29) is 17.6 Å². The minimum atomic E-state index is -0.968. The Balaban J connectivity index is 1.43. The Morgan fingerprint density at radius 3 is 2.51 bits per heavy atom. The Kier molecular flexibility index (Phi) is 7.45. The van der Waals surface area contributed by atoms with Gasteiger partial charge in [0.05, 0.1) is 28.0 Å². The molecule has 2 fully saturated rings. The summed E-state index contributed by atoms with van der Waals surface area (Å²) in [5, 5.41) is 14.4. The molecule has 4 atom stereocenters. The Morgan fingerprint density at radius 2 is 1.80 bits per heavy atom. The van der Waals surface area contributed by atoms with E-state index in [1.807, 2.05) is 53.2 Å². The number of hydrogen-bond acceptors (Lipinski definition) is 4. The van der Waals surface area contributed by atoms with Crippen molar-refractivity contribution in [2.24, 2.45) is 11.8 Å². The third-order valence-corrected chi connectivity index (χ3v) is 8.59. The highest BCUT2D eigenvalue weighted by molar-refractivity contribution is 7.80. The van der Waals surface area contributed by atoms with Gasteiger partial charge in [-0.15, -0.1) is 0 Å². The average Bonchev–Trinajstić information content (AvgIpc) is 3.57. The largest absolute Gasteiger partial charge is 0.478 e. The van der Waals surface area contributed by atoms with Crippen LogP contribution >= 0.6 is 23.8 Å². The lowest BCUT2D eigenvalue weighted by Crippen LogP contribution is -2.38. The lowest BCUT2D eigenvalue weighted by atomic mass is 9.91. The maximum absolute atomic E-state index is 11.7. The number of rotatable bonds is 6. The lowest BCUT2D eigenvalue weighted by Gasteiger charge is -2.37. The molecule has 4 aromatic rings. The van der Waals surface area contributed by atoms with E-state index in [9.17, 15) is 9.90 Å². The van der Waals surface area contributed by atoms with Crippen LogP contribution in [-0.4, -0.2) is 38.8 Å². The highest BCUT2D eigenvalue weighted by atomic mass is 35.5. The van der Waals surface area contributed by atoms with Crippen LogP contribution in [0, 0.1) is 11.8 Å².